The summed E-state index contributed by atoms with van der Waals surface area (Å²) in [6.07, 6.45) is 1.46. The molecular weight excluding hydrogens is 294 g/mol. The first kappa shape index (κ1) is 15.9. The second-order valence-corrected chi connectivity index (χ2v) is 7.17. The molecule has 1 fully saturated rings. The summed E-state index contributed by atoms with van der Waals surface area (Å²) < 4.78 is 26.5. The summed E-state index contributed by atoms with van der Waals surface area (Å²) in [4.78, 5) is 10.1. The number of hydrogen-bond acceptors (Lipinski definition) is 5. The lowest BCUT2D eigenvalue weighted by atomic mass is 9.92. The highest BCUT2D eigenvalue weighted by Gasteiger charge is 2.33. The molecule has 1 aromatic rings. The SMILES string of the molecule is CC[C@@H]1CN(S(=O)(=O)c2ccc([N+](=O)[O-])cc2)CC[C@@H]1N. The number of rotatable bonds is 4. The third kappa shape index (κ3) is 3.22. The highest BCUT2D eigenvalue weighted by Crippen LogP contribution is 2.25. The zero-order chi connectivity index (χ0) is 15.6. The molecule has 21 heavy (non-hydrogen) atoms. The first-order chi connectivity index (χ1) is 9.86. The van der Waals surface area contributed by atoms with Crippen molar-refractivity contribution in [3.05, 3.63) is 34.4 Å². The molecule has 0 amide bonds. The molecule has 0 spiro atoms. The predicted octanol–water partition coefficient (Wildman–Crippen LogP) is 1.34. The normalized spacial score (nSPS) is 23.9. The van der Waals surface area contributed by atoms with Gasteiger partial charge in [0.2, 0.25) is 10.0 Å². The fourth-order valence-electron chi connectivity index (χ4n) is 2.56. The van der Waals surface area contributed by atoms with Crippen LogP contribution in [0.2, 0.25) is 0 Å². The number of nitro benzene ring substituents is 1. The molecule has 2 N–H and O–H groups in total. The van der Waals surface area contributed by atoms with Gasteiger partial charge in [-0.2, -0.15) is 4.31 Å². The van der Waals surface area contributed by atoms with E-state index in [0.717, 1.165) is 6.42 Å². The summed E-state index contributed by atoms with van der Waals surface area (Å²) in [5.74, 6) is 0.145. The lowest BCUT2D eigenvalue weighted by Crippen LogP contribution is -2.48. The van der Waals surface area contributed by atoms with Gasteiger partial charge in [-0.1, -0.05) is 13.3 Å². The molecule has 8 heteroatoms. The van der Waals surface area contributed by atoms with Crippen LogP contribution in [0, 0.1) is 16.0 Å². The summed E-state index contributed by atoms with van der Waals surface area (Å²) >= 11 is 0. The van der Waals surface area contributed by atoms with E-state index in [2.05, 4.69) is 0 Å². The number of non-ortho nitro benzene ring substituents is 1. The summed E-state index contributed by atoms with van der Waals surface area (Å²) in [6.45, 7) is 2.78. The second kappa shape index (κ2) is 6.08. The molecule has 1 saturated heterocycles. The Balaban J connectivity index is 2.23. The van der Waals surface area contributed by atoms with E-state index in [4.69, 9.17) is 5.73 Å². The third-order valence-corrected chi connectivity index (χ3v) is 5.84. The van der Waals surface area contributed by atoms with E-state index >= 15 is 0 Å². The molecular formula is C13H19N3O4S. The van der Waals surface area contributed by atoms with Crippen LogP contribution in [0.4, 0.5) is 5.69 Å². The topological polar surface area (TPSA) is 107 Å². The Morgan fingerprint density at radius 3 is 2.52 bits per heavy atom. The molecule has 1 aliphatic heterocycles. The maximum atomic E-state index is 12.6. The van der Waals surface area contributed by atoms with E-state index in [1.54, 1.807) is 0 Å². The molecule has 2 atom stereocenters. The monoisotopic (exact) mass is 313 g/mol. The lowest BCUT2D eigenvalue weighted by Gasteiger charge is -2.35. The fraction of sp³-hybridized carbons (Fsp3) is 0.538. The number of hydrogen-bond donors (Lipinski definition) is 1. The lowest BCUT2D eigenvalue weighted by molar-refractivity contribution is -0.384. The first-order valence-corrected chi connectivity index (χ1v) is 8.30. The maximum absolute atomic E-state index is 12.6. The van der Waals surface area contributed by atoms with Gasteiger partial charge in [-0.15, -0.1) is 0 Å². The van der Waals surface area contributed by atoms with Gasteiger partial charge in [0.05, 0.1) is 9.82 Å². The van der Waals surface area contributed by atoms with E-state index in [1.165, 1.54) is 28.6 Å². The molecule has 0 radical (unpaired) electrons. The molecule has 1 aliphatic rings. The van der Waals surface area contributed by atoms with E-state index < -0.39 is 14.9 Å². The quantitative estimate of drug-likeness (QED) is 0.667. The van der Waals surface area contributed by atoms with Gasteiger partial charge in [0.15, 0.2) is 0 Å². The molecule has 1 aromatic carbocycles. The van der Waals surface area contributed by atoms with Crippen molar-refractivity contribution in [2.75, 3.05) is 13.1 Å². The van der Waals surface area contributed by atoms with Crippen molar-refractivity contribution in [2.24, 2.45) is 11.7 Å². The van der Waals surface area contributed by atoms with Crippen molar-refractivity contribution >= 4 is 15.7 Å². The van der Waals surface area contributed by atoms with E-state index in [-0.39, 0.29) is 22.5 Å². The van der Waals surface area contributed by atoms with Crippen LogP contribution in [0.3, 0.4) is 0 Å². The maximum Gasteiger partial charge on any atom is 0.269 e. The van der Waals surface area contributed by atoms with Gasteiger partial charge in [0, 0.05) is 31.3 Å². The Morgan fingerprint density at radius 2 is 2.00 bits per heavy atom. The van der Waals surface area contributed by atoms with Crippen molar-refractivity contribution < 1.29 is 13.3 Å². The third-order valence-electron chi connectivity index (χ3n) is 3.97. The number of nitrogens with zero attached hydrogens (tertiary/aromatic N) is 2. The van der Waals surface area contributed by atoms with Crippen LogP contribution in [0.1, 0.15) is 19.8 Å². The number of nitro groups is 1. The Labute approximate surface area is 123 Å². The molecule has 0 saturated carbocycles. The number of piperidine rings is 1. The van der Waals surface area contributed by atoms with Crippen LogP contribution in [-0.4, -0.2) is 36.8 Å². The highest BCUT2D eigenvalue weighted by atomic mass is 32.2. The smallest absolute Gasteiger partial charge is 0.269 e. The molecule has 0 unspecified atom stereocenters. The second-order valence-electron chi connectivity index (χ2n) is 5.23. The van der Waals surface area contributed by atoms with Crippen molar-refractivity contribution in [1.82, 2.24) is 4.31 Å². The largest absolute Gasteiger partial charge is 0.327 e. The van der Waals surface area contributed by atoms with Crippen molar-refractivity contribution in [3.63, 3.8) is 0 Å². The Bertz CT molecular complexity index is 615. The summed E-state index contributed by atoms with van der Waals surface area (Å²) in [7, 11) is -3.62. The van der Waals surface area contributed by atoms with Crippen LogP contribution in [0.5, 0.6) is 0 Å². The Kier molecular flexibility index (Phi) is 4.60. The van der Waals surface area contributed by atoms with Crippen LogP contribution >= 0.6 is 0 Å². The van der Waals surface area contributed by atoms with Gasteiger partial charge in [-0.05, 0) is 24.5 Å². The molecule has 116 valence electrons. The molecule has 0 aromatic heterocycles. The molecule has 1 heterocycles. The standard InChI is InChI=1S/C13H19N3O4S/c1-2-10-9-15(8-7-13(10)14)21(19,20)12-5-3-11(4-6-12)16(17)18/h3-6,10,13H,2,7-9,14H2,1H3/t10-,13+/m1/s1. The summed E-state index contributed by atoms with van der Waals surface area (Å²) in [5.41, 5.74) is 5.87. The Morgan fingerprint density at radius 1 is 1.38 bits per heavy atom. The van der Waals surface area contributed by atoms with Gasteiger partial charge >= 0.3 is 0 Å². The van der Waals surface area contributed by atoms with E-state index in [0.29, 0.717) is 19.5 Å². The van der Waals surface area contributed by atoms with Crippen LogP contribution in [-0.2, 0) is 10.0 Å². The average molecular weight is 313 g/mol. The van der Waals surface area contributed by atoms with Crippen LogP contribution in [0.25, 0.3) is 0 Å². The summed E-state index contributed by atoms with van der Waals surface area (Å²) in [6, 6.07) is 5.00. The molecule has 0 aliphatic carbocycles. The highest BCUT2D eigenvalue weighted by molar-refractivity contribution is 7.89. The minimum atomic E-state index is -3.62. The fourth-order valence-corrected chi connectivity index (χ4v) is 4.07. The minimum absolute atomic E-state index is 0.0262. The molecule has 2 rings (SSSR count). The van der Waals surface area contributed by atoms with Crippen molar-refractivity contribution in [2.45, 2.75) is 30.7 Å². The van der Waals surface area contributed by atoms with E-state index in [1.807, 2.05) is 6.92 Å². The molecule has 7 nitrogen and oxygen atoms in total. The zero-order valence-electron chi connectivity index (χ0n) is 11.8. The number of benzene rings is 1. The number of nitrogens with two attached hydrogens (primary N) is 1. The summed E-state index contributed by atoms with van der Waals surface area (Å²) in [5, 5.41) is 10.6. The minimum Gasteiger partial charge on any atom is -0.327 e. The molecule has 0 bridgehead atoms. The van der Waals surface area contributed by atoms with Gasteiger partial charge in [0.25, 0.3) is 5.69 Å². The Hall–Kier alpha value is -1.51. The van der Waals surface area contributed by atoms with Crippen LogP contribution < -0.4 is 5.73 Å². The van der Waals surface area contributed by atoms with Gasteiger partial charge in [-0.25, -0.2) is 8.42 Å². The predicted molar refractivity (Wildman–Crippen MR) is 78.2 cm³/mol. The van der Waals surface area contributed by atoms with E-state index in [9.17, 15) is 18.5 Å². The van der Waals surface area contributed by atoms with Gasteiger partial charge in [0.1, 0.15) is 0 Å². The van der Waals surface area contributed by atoms with Crippen molar-refractivity contribution in [1.29, 1.82) is 0 Å². The van der Waals surface area contributed by atoms with Gasteiger partial charge < -0.3 is 5.73 Å². The zero-order valence-corrected chi connectivity index (χ0v) is 12.6. The first-order valence-electron chi connectivity index (χ1n) is 6.86. The van der Waals surface area contributed by atoms with Gasteiger partial charge in [-0.3, -0.25) is 10.1 Å². The average Bonchev–Trinajstić information content (AvgIpc) is 2.47. The number of sulfonamides is 1. The van der Waals surface area contributed by atoms with Crippen molar-refractivity contribution in [3.8, 4) is 0 Å². The van der Waals surface area contributed by atoms with Crippen LogP contribution in [0.15, 0.2) is 29.2 Å².